The molecule has 1 fully saturated rings. The highest BCUT2D eigenvalue weighted by atomic mass is 32.1. The Hall–Kier alpha value is -2.09. The summed E-state index contributed by atoms with van der Waals surface area (Å²) in [4.78, 5) is 23.1. The molecule has 3 rings (SSSR count). The zero-order chi connectivity index (χ0) is 17.5. The summed E-state index contributed by atoms with van der Waals surface area (Å²) >= 11 is 1.49. The SMILES string of the molecule is CCCCCc1nnc(NC(=O)C2CCN(c3cnccn3)CC2)s1. The van der Waals surface area contributed by atoms with Gasteiger partial charge in [-0.3, -0.25) is 9.78 Å². The normalized spacial score (nSPS) is 15.3. The molecule has 1 aliphatic heterocycles. The summed E-state index contributed by atoms with van der Waals surface area (Å²) in [6, 6.07) is 0. The van der Waals surface area contributed by atoms with E-state index in [1.54, 1.807) is 18.6 Å². The lowest BCUT2D eigenvalue weighted by Crippen LogP contribution is -2.38. The Labute approximate surface area is 151 Å². The van der Waals surface area contributed by atoms with Crippen LogP contribution in [0.25, 0.3) is 0 Å². The van der Waals surface area contributed by atoms with Gasteiger partial charge < -0.3 is 10.2 Å². The first-order chi connectivity index (χ1) is 12.3. The molecule has 1 saturated heterocycles. The van der Waals surface area contributed by atoms with Gasteiger partial charge in [0.15, 0.2) is 0 Å². The Morgan fingerprint density at radius 3 is 2.84 bits per heavy atom. The molecule has 1 aliphatic rings. The predicted molar refractivity (Wildman–Crippen MR) is 98.7 cm³/mol. The van der Waals surface area contributed by atoms with Gasteiger partial charge in [0.25, 0.3) is 0 Å². The molecule has 0 radical (unpaired) electrons. The summed E-state index contributed by atoms with van der Waals surface area (Å²) in [6.45, 7) is 3.81. The minimum Gasteiger partial charge on any atom is -0.355 e. The van der Waals surface area contributed by atoms with E-state index in [1.807, 2.05) is 0 Å². The van der Waals surface area contributed by atoms with Gasteiger partial charge in [0, 0.05) is 37.8 Å². The molecule has 2 aromatic rings. The number of hydrogen-bond donors (Lipinski definition) is 1. The molecule has 0 unspecified atom stereocenters. The molecular formula is C17H24N6OS. The topological polar surface area (TPSA) is 83.9 Å². The van der Waals surface area contributed by atoms with Crippen LogP contribution in [-0.4, -0.2) is 39.2 Å². The number of nitrogens with zero attached hydrogens (tertiary/aromatic N) is 5. The van der Waals surface area contributed by atoms with E-state index < -0.39 is 0 Å². The first-order valence-electron chi connectivity index (χ1n) is 8.90. The summed E-state index contributed by atoms with van der Waals surface area (Å²) in [5, 5.41) is 12.8. The minimum absolute atomic E-state index is 0.0142. The molecule has 0 bridgehead atoms. The maximum absolute atomic E-state index is 12.5. The third-order valence-electron chi connectivity index (χ3n) is 4.43. The van der Waals surface area contributed by atoms with Gasteiger partial charge in [-0.15, -0.1) is 10.2 Å². The molecule has 2 aromatic heterocycles. The van der Waals surface area contributed by atoms with Crippen molar-refractivity contribution in [1.29, 1.82) is 0 Å². The van der Waals surface area contributed by atoms with Crippen LogP contribution in [0.1, 0.15) is 44.0 Å². The van der Waals surface area contributed by atoms with Crippen LogP contribution in [0, 0.1) is 5.92 Å². The molecule has 7 nitrogen and oxygen atoms in total. The predicted octanol–water partition coefficient (Wildman–Crippen LogP) is 2.92. The zero-order valence-corrected chi connectivity index (χ0v) is 15.3. The number of amides is 1. The van der Waals surface area contributed by atoms with E-state index in [0.717, 1.165) is 49.6 Å². The van der Waals surface area contributed by atoms with Gasteiger partial charge in [0.2, 0.25) is 11.0 Å². The molecule has 0 aromatic carbocycles. The van der Waals surface area contributed by atoms with E-state index in [2.05, 4.69) is 37.3 Å². The standard InChI is InChI=1S/C17H24N6OS/c1-2-3-4-5-15-21-22-17(25-15)20-16(24)13-6-10-23(11-7-13)14-12-18-8-9-19-14/h8-9,12-13H,2-7,10-11H2,1H3,(H,20,22,24). The third kappa shape index (κ3) is 4.94. The van der Waals surface area contributed by atoms with Crippen LogP contribution in [0.15, 0.2) is 18.6 Å². The summed E-state index contributed by atoms with van der Waals surface area (Å²) in [5.74, 6) is 0.942. The minimum atomic E-state index is 0.0142. The average Bonchev–Trinajstić information content (AvgIpc) is 3.10. The summed E-state index contributed by atoms with van der Waals surface area (Å²) in [6.07, 6.45) is 11.2. The highest BCUT2D eigenvalue weighted by Gasteiger charge is 2.26. The van der Waals surface area contributed by atoms with Gasteiger partial charge in [-0.2, -0.15) is 0 Å². The van der Waals surface area contributed by atoms with Crippen LogP contribution in [0.4, 0.5) is 10.9 Å². The van der Waals surface area contributed by atoms with Gasteiger partial charge in [0.1, 0.15) is 10.8 Å². The summed E-state index contributed by atoms with van der Waals surface area (Å²) in [7, 11) is 0. The Kier molecular flexibility index (Phi) is 6.27. The van der Waals surface area contributed by atoms with Crippen molar-refractivity contribution in [3.8, 4) is 0 Å². The molecule has 0 aliphatic carbocycles. The first-order valence-corrected chi connectivity index (χ1v) is 9.72. The fourth-order valence-corrected chi connectivity index (χ4v) is 3.75. The van der Waals surface area contributed by atoms with E-state index in [4.69, 9.17) is 0 Å². The van der Waals surface area contributed by atoms with Gasteiger partial charge in [-0.05, 0) is 19.3 Å². The van der Waals surface area contributed by atoms with Crippen molar-refractivity contribution in [3.63, 3.8) is 0 Å². The number of unbranched alkanes of at least 4 members (excludes halogenated alkanes) is 2. The molecule has 8 heteroatoms. The fourth-order valence-electron chi connectivity index (χ4n) is 2.96. The van der Waals surface area contributed by atoms with Crippen LogP contribution in [0.5, 0.6) is 0 Å². The zero-order valence-electron chi connectivity index (χ0n) is 14.5. The molecule has 3 heterocycles. The molecule has 134 valence electrons. The van der Waals surface area contributed by atoms with E-state index in [0.29, 0.717) is 5.13 Å². The van der Waals surface area contributed by atoms with Crippen LogP contribution in [-0.2, 0) is 11.2 Å². The summed E-state index contributed by atoms with van der Waals surface area (Å²) in [5.41, 5.74) is 0. The number of aromatic nitrogens is 4. The Morgan fingerprint density at radius 2 is 2.12 bits per heavy atom. The van der Waals surface area contributed by atoms with Crippen LogP contribution >= 0.6 is 11.3 Å². The number of aryl methyl sites for hydroxylation is 1. The lowest BCUT2D eigenvalue weighted by molar-refractivity contribution is -0.120. The van der Waals surface area contributed by atoms with Crippen LogP contribution < -0.4 is 10.2 Å². The van der Waals surface area contributed by atoms with Crippen molar-refractivity contribution in [2.24, 2.45) is 5.92 Å². The second-order valence-electron chi connectivity index (χ2n) is 6.27. The maximum atomic E-state index is 12.5. The Balaban J connectivity index is 1.46. The highest BCUT2D eigenvalue weighted by molar-refractivity contribution is 7.15. The molecule has 0 atom stereocenters. The van der Waals surface area contributed by atoms with Gasteiger partial charge >= 0.3 is 0 Å². The largest absolute Gasteiger partial charge is 0.355 e. The van der Waals surface area contributed by atoms with Crippen molar-refractivity contribution >= 4 is 28.2 Å². The molecule has 0 spiro atoms. The molecule has 0 saturated carbocycles. The number of anilines is 2. The third-order valence-corrected chi connectivity index (χ3v) is 5.33. The Bertz CT molecular complexity index is 669. The number of piperidine rings is 1. The van der Waals surface area contributed by atoms with Crippen molar-refractivity contribution in [3.05, 3.63) is 23.6 Å². The van der Waals surface area contributed by atoms with Crippen molar-refractivity contribution < 1.29 is 4.79 Å². The number of nitrogens with one attached hydrogen (secondary N) is 1. The molecule has 1 N–H and O–H groups in total. The van der Waals surface area contributed by atoms with E-state index in [9.17, 15) is 4.79 Å². The second kappa shape index (κ2) is 8.84. The van der Waals surface area contributed by atoms with E-state index in [1.165, 1.54) is 24.2 Å². The number of rotatable bonds is 7. The average molecular weight is 360 g/mol. The first kappa shape index (κ1) is 17.7. The smallest absolute Gasteiger partial charge is 0.229 e. The highest BCUT2D eigenvalue weighted by Crippen LogP contribution is 2.24. The van der Waals surface area contributed by atoms with Crippen molar-refractivity contribution in [2.45, 2.75) is 45.4 Å². The van der Waals surface area contributed by atoms with E-state index in [-0.39, 0.29) is 11.8 Å². The number of hydrogen-bond acceptors (Lipinski definition) is 7. The van der Waals surface area contributed by atoms with Gasteiger partial charge in [-0.1, -0.05) is 31.1 Å². The lowest BCUT2D eigenvalue weighted by atomic mass is 9.96. The Morgan fingerprint density at radius 1 is 1.28 bits per heavy atom. The molecular weight excluding hydrogens is 336 g/mol. The number of carbonyl (C=O) groups excluding carboxylic acids is 1. The number of carbonyl (C=O) groups is 1. The monoisotopic (exact) mass is 360 g/mol. The van der Waals surface area contributed by atoms with Crippen molar-refractivity contribution in [1.82, 2.24) is 20.2 Å². The van der Waals surface area contributed by atoms with E-state index >= 15 is 0 Å². The fraction of sp³-hybridized carbons (Fsp3) is 0.588. The summed E-state index contributed by atoms with van der Waals surface area (Å²) < 4.78 is 0. The van der Waals surface area contributed by atoms with Crippen molar-refractivity contribution in [2.75, 3.05) is 23.3 Å². The van der Waals surface area contributed by atoms with Gasteiger partial charge in [0.05, 0.1) is 6.20 Å². The second-order valence-corrected chi connectivity index (χ2v) is 7.33. The van der Waals surface area contributed by atoms with Gasteiger partial charge in [-0.25, -0.2) is 4.98 Å². The molecule has 1 amide bonds. The van der Waals surface area contributed by atoms with Crippen LogP contribution in [0.2, 0.25) is 0 Å². The molecule has 25 heavy (non-hydrogen) atoms. The lowest BCUT2D eigenvalue weighted by Gasteiger charge is -2.31. The quantitative estimate of drug-likeness (QED) is 0.764. The maximum Gasteiger partial charge on any atom is 0.229 e. The van der Waals surface area contributed by atoms with Crippen LogP contribution in [0.3, 0.4) is 0 Å².